The van der Waals surface area contributed by atoms with Crippen molar-refractivity contribution in [3.8, 4) is 0 Å². The maximum atomic E-state index is 12.4. The van der Waals surface area contributed by atoms with Gasteiger partial charge in [-0.05, 0) is 56.6 Å². The van der Waals surface area contributed by atoms with Gasteiger partial charge < -0.3 is 15.3 Å². The molecule has 2 aliphatic rings. The number of aliphatic hydroxyl groups is 1. The number of piperidine rings is 1. The van der Waals surface area contributed by atoms with Gasteiger partial charge in [0.05, 0.1) is 0 Å². The quantitative estimate of drug-likeness (QED) is 0.887. The summed E-state index contributed by atoms with van der Waals surface area (Å²) in [5.41, 5.74) is -0.419. The molecule has 2 N–H and O–H groups in total. The first kappa shape index (κ1) is 17.0. The van der Waals surface area contributed by atoms with Crippen molar-refractivity contribution >= 4 is 11.8 Å². The van der Waals surface area contributed by atoms with E-state index in [-0.39, 0.29) is 11.8 Å². The summed E-state index contributed by atoms with van der Waals surface area (Å²) < 4.78 is 0. The molecule has 5 nitrogen and oxygen atoms in total. The zero-order chi connectivity index (χ0) is 17.0. The van der Waals surface area contributed by atoms with Crippen molar-refractivity contribution in [2.24, 2.45) is 5.92 Å². The number of amides is 2. The topological polar surface area (TPSA) is 69.6 Å². The van der Waals surface area contributed by atoms with Crippen LogP contribution in [0.5, 0.6) is 0 Å². The lowest BCUT2D eigenvalue weighted by atomic mass is 9.95. The van der Waals surface area contributed by atoms with Gasteiger partial charge in [-0.1, -0.05) is 18.2 Å². The zero-order valence-electron chi connectivity index (χ0n) is 14.0. The molecule has 2 fully saturated rings. The first-order valence-corrected chi connectivity index (χ1v) is 8.93. The predicted octanol–water partition coefficient (Wildman–Crippen LogP) is 1.96. The van der Waals surface area contributed by atoms with E-state index < -0.39 is 5.60 Å². The van der Waals surface area contributed by atoms with Gasteiger partial charge in [-0.2, -0.15) is 0 Å². The smallest absolute Gasteiger partial charge is 0.253 e. The molecule has 1 saturated carbocycles. The van der Waals surface area contributed by atoms with Gasteiger partial charge in [0, 0.05) is 25.2 Å². The summed E-state index contributed by atoms with van der Waals surface area (Å²) in [7, 11) is 0. The SMILES string of the molecule is O=C(c1ccccc1)N1CCC(CNC(=O)C2(O)CCCC2)CC1. The molecule has 0 aromatic heterocycles. The number of nitrogens with zero attached hydrogens (tertiary/aromatic N) is 1. The van der Waals surface area contributed by atoms with Crippen molar-refractivity contribution in [3.63, 3.8) is 0 Å². The van der Waals surface area contributed by atoms with Gasteiger partial charge in [-0.3, -0.25) is 9.59 Å². The number of carbonyl (C=O) groups is 2. The molecule has 0 unspecified atom stereocenters. The molecular weight excluding hydrogens is 304 g/mol. The Bertz CT molecular complexity index is 574. The monoisotopic (exact) mass is 330 g/mol. The average molecular weight is 330 g/mol. The third-order valence-corrected chi connectivity index (χ3v) is 5.33. The maximum Gasteiger partial charge on any atom is 0.253 e. The highest BCUT2D eigenvalue weighted by Gasteiger charge is 2.38. The Morgan fingerprint density at radius 2 is 1.75 bits per heavy atom. The van der Waals surface area contributed by atoms with E-state index in [4.69, 9.17) is 0 Å². The number of hydrogen-bond acceptors (Lipinski definition) is 3. The summed E-state index contributed by atoms with van der Waals surface area (Å²) in [4.78, 5) is 26.4. The third-order valence-electron chi connectivity index (χ3n) is 5.33. The Kier molecular flexibility index (Phi) is 5.19. The Morgan fingerprint density at radius 1 is 1.12 bits per heavy atom. The fraction of sp³-hybridized carbons (Fsp3) is 0.579. The highest BCUT2D eigenvalue weighted by atomic mass is 16.3. The van der Waals surface area contributed by atoms with E-state index in [1.165, 1.54) is 0 Å². The van der Waals surface area contributed by atoms with Crippen LogP contribution in [0.1, 0.15) is 48.9 Å². The van der Waals surface area contributed by atoms with Crippen molar-refractivity contribution in [1.82, 2.24) is 10.2 Å². The van der Waals surface area contributed by atoms with E-state index in [1.807, 2.05) is 35.2 Å². The molecule has 0 bridgehead atoms. The second kappa shape index (κ2) is 7.34. The Balaban J connectivity index is 1.44. The predicted molar refractivity (Wildman–Crippen MR) is 91.5 cm³/mol. The van der Waals surface area contributed by atoms with E-state index in [0.29, 0.717) is 25.3 Å². The highest BCUT2D eigenvalue weighted by molar-refractivity contribution is 5.94. The van der Waals surface area contributed by atoms with Crippen LogP contribution >= 0.6 is 0 Å². The summed E-state index contributed by atoms with van der Waals surface area (Å²) in [5, 5.41) is 13.2. The van der Waals surface area contributed by atoms with E-state index in [0.717, 1.165) is 44.3 Å². The number of benzene rings is 1. The first-order valence-electron chi connectivity index (χ1n) is 8.93. The minimum absolute atomic E-state index is 0.0818. The molecule has 1 saturated heterocycles. The lowest BCUT2D eigenvalue weighted by molar-refractivity contribution is -0.139. The van der Waals surface area contributed by atoms with Crippen LogP contribution in [0.4, 0.5) is 0 Å². The van der Waals surface area contributed by atoms with Crippen molar-refractivity contribution in [3.05, 3.63) is 35.9 Å². The van der Waals surface area contributed by atoms with E-state index in [1.54, 1.807) is 0 Å². The van der Waals surface area contributed by atoms with Crippen LogP contribution in [0.3, 0.4) is 0 Å². The number of nitrogens with one attached hydrogen (secondary N) is 1. The summed E-state index contributed by atoms with van der Waals surface area (Å²) in [6, 6.07) is 9.35. The van der Waals surface area contributed by atoms with Crippen molar-refractivity contribution in [2.75, 3.05) is 19.6 Å². The molecule has 1 aliphatic carbocycles. The van der Waals surface area contributed by atoms with Crippen LogP contribution in [-0.2, 0) is 4.79 Å². The van der Waals surface area contributed by atoms with Gasteiger partial charge in [-0.25, -0.2) is 0 Å². The minimum atomic E-state index is -1.15. The number of likely N-dealkylation sites (tertiary alicyclic amines) is 1. The average Bonchev–Trinajstić information content (AvgIpc) is 3.08. The maximum absolute atomic E-state index is 12.4. The van der Waals surface area contributed by atoms with Gasteiger partial charge in [0.15, 0.2) is 0 Å². The number of hydrogen-bond donors (Lipinski definition) is 2. The molecule has 1 aromatic rings. The van der Waals surface area contributed by atoms with Crippen LogP contribution in [0.2, 0.25) is 0 Å². The molecule has 0 spiro atoms. The van der Waals surface area contributed by atoms with Gasteiger partial charge in [0.25, 0.3) is 11.8 Å². The van der Waals surface area contributed by atoms with Crippen molar-refractivity contribution < 1.29 is 14.7 Å². The molecule has 3 rings (SSSR count). The van der Waals surface area contributed by atoms with Gasteiger partial charge >= 0.3 is 0 Å². The second-order valence-corrected chi connectivity index (χ2v) is 7.05. The van der Waals surface area contributed by atoms with E-state index in [2.05, 4.69) is 5.32 Å². The fourth-order valence-corrected chi connectivity index (χ4v) is 3.69. The Hall–Kier alpha value is -1.88. The van der Waals surface area contributed by atoms with Crippen molar-refractivity contribution in [2.45, 2.75) is 44.1 Å². The molecule has 1 heterocycles. The summed E-state index contributed by atoms with van der Waals surface area (Å²) in [6.07, 6.45) is 4.76. The minimum Gasteiger partial charge on any atom is -0.380 e. The molecule has 5 heteroatoms. The molecule has 130 valence electrons. The molecule has 0 atom stereocenters. The zero-order valence-corrected chi connectivity index (χ0v) is 14.0. The third kappa shape index (κ3) is 3.78. The Labute approximate surface area is 143 Å². The van der Waals surface area contributed by atoms with Gasteiger partial charge in [-0.15, -0.1) is 0 Å². The summed E-state index contributed by atoms with van der Waals surface area (Å²) >= 11 is 0. The summed E-state index contributed by atoms with van der Waals surface area (Å²) in [5.74, 6) is 0.236. The first-order chi connectivity index (χ1) is 11.6. The second-order valence-electron chi connectivity index (χ2n) is 7.05. The molecule has 2 amide bonds. The fourth-order valence-electron chi connectivity index (χ4n) is 3.69. The van der Waals surface area contributed by atoms with Crippen LogP contribution in [0, 0.1) is 5.92 Å². The highest BCUT2D eigenvalue weighted by Crippen LogP contribution is 2.29. The van der Waals surface area contributed by atoms with E-state index in [9.17, 15) is 14.7 Å². The largest absolute Gasteiger partial charge is 0.380 e. The summed E-state index contributed by atoms with van der Waals surface area (Å²) in [6.45, 7) is 2.03. The lowest BCUT2D eigenvalue weighted by Crippen LogP contribution is -2.47. The lowest BCUT2D eigenvalue weighted by Gasteiger charge is -2.32. The number of rotatable bonds is 4. The Morgan fingerprint density at radius 3 is 2.38 bits per heavy atom. The van der Waals surface area contributed by atoms with E-state index >= 15 is 0 Å². The van der Waals surface area contributed by atoms with Crippen LogP contribution < -0.4 is 5.32 Å². The molecule has 1 aromatic carbocycles. The standard InChI is InChI=1S/C19H26N2O3/c22-17(16-6-2-1-3-7-16)21-12-8-15(9-13-21)14-20-18(23)19(24)10-4-5-11-19/h1-3,6-7,15,24H,4-5,8-14H2,(H,20,23). The van der Waals surface area contributed by atoms with Crippen molar-refractivity contribution in [1.29, 1.82) is 0 Å². The number of carbonyl (C=O) groups excluding carboxylic acids is 2. The molecule has 0 radical (unpaired) electrons. The molecule has 1 aliphatic heterocycles. The van der Waals surface area contributed by atoms with Gasteiger partial charge in [0.2, 0.25) is 0 Å². The van der Waals surface area contributed by atoms with Crippen LogP contribution in [0.25, 0.3) is 0 Å². The van der Waals surface area contributed by atoms with Crippen LogP contribution in [0.15, 0.2) is 30.3 Å². The normalized spacial score (nSPS) is 20.8. The van der Waals surface area contributed by atoms with Crippen LogP contribution in [-0.4, -0.2) is 47.1 Å². The molecule has 24 heavy (non-hydrogen) atoms. The molecular formula is C19H26N2O3. The van der Waals surface area contributed by atoms with Gasteiger partial charge in [0.1, 0.15) is 5.60 Å².